The number of piperidine rings is 1. The molecule has 3 rings (SSSR count). The summed E-state index contributed by atoms with van der Waals surface area (Å²) in [7, 11) is 0. The van der Waals surface area contributed by atoms with Gasteiger partial charge in [0.15, 0.2) is 0 Å². The highest BCUT2D eigenvalue weighted by molar-refractivity contribution is 5.97. The molecule has 25 heavy (non-hydrogen) atoms. The van der Waals surface area contributed by atoms with Gasteiger partial charge in [-0.05, 0) is 50.4 Å². The number of carbonyl (C=O) groups excluding carboxylic acids is 2. The van der Waals surface area contributed by atoms with Gasteiger partial charge in [0.1, 0.15) is 0 Å². The molecule has 2 aliphatic heterocycles. The highest BCUT2D eigenvalue weighted by Gasteiger charge is 2.29. The van der Waals surface area contributed by atoms with Crippen molar-refractivity contribution in [3.05, 3.63) is 23.8 Å². The zero-order valence-electron chi connectivity index (χ0n) is 14.6. The molecular formula is C18H26N4O3. The van der Waals surface area contributed by atoms with Crippen molar-refractivity contribution < 1.29 is 14.7 Å². The van der Waals surface area contributed by atoms with E-state index in [2.05, 4.69) is 16.0 Å². The highest BCUT2D eigenvalue weighted by atomic mass is 16.3. The van der Waals surface area contributed by atoms with Crippen LogP contribution in [0.15, 0.2) is 18.2 Å². The first kappa shape index (κ1) is 17.7. The van der Waals surface area contributed by atoms with E-state index < -0.39 is 5.60 Å². The second kappa shape index (κ2) is 7.41. The fraction of sp³-hybridized carbons (Fsp3) is 0.556. The van der Waals surface area contributed by atoms with E-state index in [1.54, 1.807) is 4.90 Å². The van der Waals surface area contributed by atoms with Crippen LogP contribution < -0.4 is 20.9 Å². The van der Waals surface area contributed by atoms with Crippen LogP contribution in [-0.4, -0.2) is 48.8 Å². The van der Waals surface area contributed by atoms with E-state index in [-0.39, 0.29) is 18.5 Å². The van der Waals surface area contributed by atoms with Gasteiger partial charge in [0, 0.05) is 37.4 Å². The first-order chi connectivity index (χ1) is 12.0. The lowest BCUT2D eigenvalue weighted by Gasteiger charge is -2.32. The van der Waals surface area contributed by atoms with Crippen molar-refractivity contribution >= 4 is 23.3 Å². The molecule has 4 N–H and O–H groups in total. The number of amides is 3. The number of β-amino-alcohol motifs (C(OH)–C–C–N with tert-alkyl or cyclic N) is 1. The van der Waals surface area contributed by atoms with Crippen LogP contribution in [0.3, 0.4) is 0 Å². The van der Waals surface area contributed by atoms with E-state index in [0.29, 0.717) is 31.6 Å². The Hall–Kier alpha value is -2.12. The summed E-state index contributed by atoms with van der Waals surface area (Å²) >= 11 is 0. The first-order valence-electron chi connectivity index (χ1n) is 8.86. The third kappa shape index (κ3) is 4.29. The van der Waals surface area contributed by atoms with E-state index in [4.69, 9.17) is 0 Å². The Morgan fingerprint density at radius 3 is 2.92 bits per heavy atom. The van der Waals surface area contributed by atoms with Gasteiger partial charge in [-0.2, -0.15) is 0 Å². The molecule has 1 aromatic rings. The normalized spacial score (nSPS) is 23.6. The van der Waals surface area contributed by atoms with Crippen LogP contribution in [0, 0.1) is 6.92 Å². The molecule has 3 amide bonds. The number of aliphatic hydroxyl groups is 1. The van der Waals surface area contributed by atoms with Gasteiger partial charge in [0.2, 0.25) is 5.91 Å². The number of aryl methyl sites for hydroxylation is 1. The molecule has 0 saturated carbocycles. The number of anilines is 2. The van der Waals surface area contributed by atoms with Crippen molar-refractivity contribution in [2.45, 2.75) is 38.2 Å². The van der Waals surface area contributed by atoms with Crippen molar-refractivity contribution in [3.63, 3.8) is 0 Å². The second-order valence-electron chi connectivity index (χ2n) is 6.96. The minimum Gasteiger partial charge on any atom is -0.387 e. The van der Waals surface area contributed by atoms with Crippen molar-refractivity contribution in [1.29, 1.82) is 0 Å². The molecule has 1 atom stereocenters. The molecule has 2 fully saturated rings. The highest BCUT2D eigenvalue weighted by Crippen LogP contribution is 2.26. The number of benzene rings is 1. The van der Waals surface area contributed by atoms with Gasteiger partial charge < -0.3 is 26.0 Å². The molecule has 0 aromatic heterocycles. The van der Waals surface area contributed by atoms with Crippen molar-refractivity contribution in [1.82, 2.24) is 10.6 Å². The van der Waals surface area contributed by atoms with E-state index in [0.717, 1.165) is 30.6 Å². The molecule has 2 aliphatic rings. The molecule has 2 saturated heterocycles. The van der Waals surface area contributed by atoms with Gasteiger partial charge in [-0.1, -0.05) is 6.07 Å². The predicted octanol–water partition coefficient (Wildman–Crippen LogP) is 1.36. The molecule has 1 unspecified atom stereocenters. The van der Waals surface area contributed by atoms with Crippen LogP contribution in [0.5, 0.6) is 0 Å². The average molecular weight is 346 g/mol. The summed E-state index contributed by atoms with van der Waals surface area (Å²) in [4.78, 5) is 25.9. The van der Waals surface area contributed by atoms with Crippen molar-refractivity contribution in [2.24, 2.45) is 0 Å². The Labute approximate surface area is 147 Å². The van der Waals surface area contributed by atoms with Crippen molar-refractivity contribution in [3.8, 4) is 0 Å². The lowest BCUT2D eigenvalue weighted by atomic mass is 9.94. The van der Waals surface area contributed by atoms with Gasteiger partial charge in [-0.3, -0.25) is 4.79 Å². The predicted molar refractivity (Wildman–Crippen MR) is 96.8 cm³/mol. The Kier molecular flexibility index (Phi) is 5.24. The van der Waals surface area contributed by atoms with Crippen molar-refractivity contribution in [2.75, 3.05) is 36.4 Å². The largest absolute Gasteiger partial charge is 0.387 e. The molecule has 2 heterocycles. The van der Waals surface area contributed by atoms with Crippen LogP contribution in [0.4, 0.5) is 16.2 Å². The molecule has 7 heteroatoms. The third-order valence-corrected chi connectivity index (χ3v) is 4.88. The zero-order chi connectivity index (χ0) is 17.9. The van der Waals surface area contributed by atoms with Gasteiger partial charge >= 0.3 is 6.03 Å². The monoisotopic (exact) mass is 346 g/mol. The Morgan fingerprint density at radius 1 is 1.40 bits per heavy atom. The standard InChI is InChI=1S/C18H26N4O3/c1-13-5-6-14(22-9-2-4-16(22)23)10-15(13)21-17(24)20-12-18(25)7-3-8-19-11-18/h5-6,10,19,25H,2-4,7-9,11-12H2,1H3,(H2,20,21,24). The zero-order valence-corrected chi connectivity index (χ0v) is 14.6. The summed E-state index contributed by atoms with van der Waals surface area (Å²) in [6.45, 7) is 4.21. The minimum atomic E-state index is -0.894. The molecule has 136 valence electrons. The van der Waals surface area contributed by atoms with E-state index in [9.17, 15) is 14.7 Å². The number of hydrogen-bond acceptors (Lipinski definition) is 4. The van der Waals surface area contributed by atoms with E-state index >= 15 is 0 Å². The lowest BCUT2D eigenvalue weighted by molar-refractivity contribution is -0.117. The molecule has 1 aromatic carbocycles. The summed E-state index contributed by atoms with van der Waals surface area (Å²) in [6.07, 6.45) is 3.00. The van der Waals surface area contributed by atoms with Crippen LogP contribution in [0.2, 0.25) is 0 Å². The number of hydrogen-bond donors (Lipinski definition) is 4. The van der Waals surface area contributed by atoms with Gasteiger partial charge in [-0.15, -0.1) is 0 Å². The lowest BCUT2D eigenvalue weighted by Crippen LogP contribution is -2.53. The summed E-state index contributed by atoms with van der Waals surface area (Å²) in [5, 5.41) is 19.1. The van der Waals surface area contributed by atoms with Crippen LogP contribution >= 0.6 is 0 Å². The fourth-order valence-corrected chi connectivity index (χ4v) is 3.35. The number of nitrogens with one attached hydrogen (secondary N) is 3. The smallest absolute Gasteiger partial charge is 0.319 e. The van der Waals surface area contributed by atoms with Crippen LogP contribution in [-0.2, 0) is 4.79 Å². The van der Waals surface area contributed by atoms with Gasteiger partial charge in [0.05, 0.1) is 5.60 Å². The maximum atomic E-state index is 12.2. The second-order valence-corrected chi connectivity index (χ2v) is 6.96. The molecule has 0 bridgehead atoms. The molecule has 0 spiro atoms. The van der Waals surface area contributed by atoms with Crippen LogP contribution in [0.1, 0.15) is 31.2 Å². The number of rotatable bonds is 4. The first-order valence-corrected chi connectivity index (χ1v) is 8.86. The topological polar surface area (TPSA) is 93.7 Å². The number of carbonyl (C=O) groups is 2. The summed E-state index contributed by atoms with van der Waals surface area (Å²) < 4.78 is 0. The number of urea groups is 1. The molecule has 7 nitrogen and oxygen atoms in total. The summed E-state index contributed by atoms with van der Waals surface area (Å²) in [6, 6.07) is 5.27. The third-order valence-electron chi connectivity index (χ3n) is 4.88. The fourth-order valence-electron chi connectivity index (χ4n) is 3.35. The minimum absolute atomic E-state index is 0.117. The average Bonchev–Trinajstić information content (AvgIpc) is 3.02. The summed E-state index contributed by atoms with van der Waals surface area (Å²) in [5.41, 5.74) is 1.50. The number of nitrogens with zero attached hydrogens (tertiary/aromatic N) is 1. The van der Waals surface area contributed by atoms with Gasteiger partial charge in [0.25, 0.3) is 0 Å². The SMILES string of the molecule is Cc1ccc(N2CCCC2=O)cc1NC(=O)NCC1(O)CCCNC1. The van der Waals surface area contributed by atoms with E-state index in [1.807, 2.05) is 25.1 Å². The Balaban J connectivity index is 1.61. The maximum Gasteiger partial charge on any atom is 0.319 e. The summed E-state index contributed by atoms with van der Waals surface area (Å²) in [5.74, 6) is 0.117. The molecular weight excluding hydrogens is 320 g/mol. The Bertz CT molecular complexity index is 656. The van der Waals surface area contributed by atoms with Gasteiger partial charge in [-0.25, -0.2) is 4.79 Å². The maximum absolute atomic E-state index is 12.2. The quantitative estimate of drug-likeness (QED) is 0.662. The van der Waals surface area contributed by atoms with Crippen LogP contribution in [0.25, 0.3) is 0 Å². The molecule has 0 radical (unpaired) electrons. The Morgan fingerprint density at radius 2 is 2.24 bits per heavy atom. The van der Waals surface area contributed by atoms with E-state index in [1.165, 1.54) is 0 Å². The molecule has 0 aliphatic carbocycles.